The van der Waals surface area contributed by atoms with Crippen LogP contribution >= 0.6 is 0 Å². The predicted octanol–water partition coefficient (Wildman–Crippen LogP) is 9.04. The molecule has 2 aromatic carbocycles. The van der Waals surface area contributed by atoms with Gasteiger partial charge in [-0.2, -0.15) is 83.2 Å². The second kappa shape index (κ2) is 20.1. The molecule has 1 aliphatic heterocycles. The molecular weight excluding hydrogens is 1020 g/mol. The van der Waals surface area contributed by atoms with Crippen LogP contribution in [0.5, 0.6) is 0 Å². The number of non-ortho nitro benzene ring substituents is 1. The number of hydrogen-bond acceptors (Lipinski definition) is 9. The van der Waals surface area contributed by atoms with Crippen molar-refractivity contribution in [3.63, 3.8) is 0 Å². The Hall–Kier alpha value is -4.43. The highest BCUT2D eigenvalue weighted by Crippen LogP contribution is 2.64. The van der Waals surface area contributed by atoms with E-state index in [1.54, 1.807) is 0 Å². The van der Waals surface area contributed by atoms with Gasteiger partial charge in [-0.05, 0) is 36.8 Å². The Labute approximate surface area is 374 Å². The van der Waals surface area contributed by atoms with Crippen LogP contribution in [0.4, 0.5) is 80.3 Å². The zero-order valence-corrected chi connectivity index (χ0v) is 36.1. The Balaban J connectivity index is 1.88. The summed E-state index contributed by atoms with van der Waals surface area (Å²) in [5.74, 6) is -58.2. The lowest BCUT2D eigenvalue weighted by Gasteiger charge is -2.43. The van der Waals surface area contributed by atoms with Crippen molar-refractivity contribution < 1.29 is 111 Å². The molecule has 3 rings (SSSR count). The van der Waals surface area contributed by atoms with Gasteiger partial charge in [-0.15, -0.1) is 6.58 Å². The van der Waals surface area contributed by atoms with E-state index in [0.717, 1.165) is 59.9 Å². The number of halogens is 17. The molecule has 0 N–H and O–H groups in total. The van der Waals surface area contributed by atoms with Crippen molar-refractivity contribution in [3.05, 3.63) is 101 Å². The molecule has 0 saturated carbocycles. The van der Waals surface area contributed by atoms with Gasteiger partial charge < -0.3 is 14.2 Å². The van der Waals surface area contributed by atoms with Crippen molar-refractivity contribution >= 4 is 25.7 Å². The fourth-order valence-electron chi connectivity index (χ4n) is 5.82. The van der Waals surface area contributed by atoms with Crippen molar-refractivity contribution in [3.8, 4) is 0 Å². The third-order valence-corrected chi connectivity index (χ3v) is 13.4. The van der Waals surface area contributed by atoms with Crippen LogP contribution in [0.2, 0.25) is 0 Å². The molecule has 3 atom stereocenters. The number of alkyl halides is 17. The van der Waals surface area contributed by atoms with Crippen LogP contribution in [0.3, 0.4) is 0 Å². The topological polar surface area (TPSA) is 146 Å². The average Bonchev–Trinajstić information content (AvgIpc) is 3.23. The Morgan fingerprint density at radius 1 is 0.735 bits per heavy atom. The molecule has 68 heavy (non-hydrogen) atoms. The van der Waals surface area contributed by atoms with Crippen molar-refractivity contribution in [2.24, 2.45) is 0 Å². The van der Waals surface area contributed by atoms with Crippen molar-refractivity contribution in [2.75, 3.05) is 39.9 Å². The smallest absolute Gasteiger partial charge is 0.364 e. The van der Waals surface area contributed by atoms with Crippen LogP contribution < -0.4 is 0 Å². The van der Waals surface area contributed by atoms with E-state index in [4.69, 9.17) is 14.2 Å². The number of rotatable bonds is 24. The quantitative estimate of drug-likeness (QED) is 0.0435. The lowest BCUT2D eigenvalue weighted by atomic mass is 9.88. The summed E-state index contributed by atoms with van der Waals surface area (Å²) in [6.45, 7) is 3.25. The molecule has 0 aromatic heterocycles. The van der Waals surface area contributed by atoms with Gasteiger partial charge in [-0.3, -0.25) is 10.1 Å². The minimum atomic E-state index is -8.84. The first-order valence-electron chi connectivity index (χ1n) is 18.5. The molecule has 384 valence electrons. The van der Waals surface area contributed by atoms with Crippen LogP contribution in [0, 0.1) is 17.0 Å². The number of aryl methyl sites for hydroxylation is 1. The van der Waals surface area contributed by atoms with Gasteiger partial charge in [0.15, 0.2) is 6.29 Å². The van der Waals surface area contributed by atoms with Crippen LogP contribution in [-0.4, -0.2) is 136 Å². The SMILES string of the molecule is C=CCN(C[C@@H]1C=C[C@@H](OCC(=C)CN(CCC(F)(F)C(F)(F)C(F)(F)C(F)(F)C(F)(F)C(F)(F)C(F)(F)C(F)(F)F)S(=O)(=O)c2ccc(C)cc2)[C@@H](OC)O1)S(=O)(=O)c1ccc([N+](=O)[O-])cc1. The number of methoxy groups -OCH3 is 1. The number of ether oxygens (including phenoxy) is 3. The molecule has 2 aromatic rings. The van der Waals surface area contributed by atoms with Gasteiger partial charge in [-0.1, -0.05) is 42.5 Å². The molecule has 0 bridgehead atoms. The molecule has 1 aliphatic rings. The van der Waals surface area contributed by atoms with Gasteiger partial charge in [0, 0.05) is 51.8 Å². The van der Waals surface area contributed by atoms with E-state index in [1.807, 2.05) is 0 Å². The third-order valence-electron chi connectivity index (χ3n) is 9.73. The van der Waals surface area contributed by atoms with Crippen LogP contribution in [0.15, 0.2) is 95.3 Å². The second-order valence-corrected chi connectivity index (χ2v) is 18.5. The van der Waals surface area contributed by atoms with Crippen LogP contribution in [0.1, 0.15) is 12.0 Å². The first kappa shape index (κ1) is 57.9. The van der Waals surface area contributed by atoms with E-state index in [9.17, 15) is 92.8 Å². The Morgan fingerprint density at radius 2 is 1.19 bits per heavy atom. The molecule has 31 heteroatoms. The number of hydrogen-bond donors (Lipinski definition) is 0. The minimum absolute atomic E-state index is 0.215. The Kier molecular flexibility index (Phi) is 17.1. The summed E-state index contributed by atoms with van der Waals surface area (Å²) in [5, 5.41) is 11.0. The molecule has 0 aliphatic carbocycles. The summed E-state index contributed by atoms with van der Waals surface area (Å²) < 4.78 is 307. The van der Waals surface area contributed by atoms with Gasteiger partial charge >= 0.3 is 47.6 Å². The van der Waals surface area contributed by atoms with Crippen molar-refractivity contribution in [1.29, 1.82) is 0 Å². The van der Waals surface area contributed by atoms with E-state index in [2.05, 4.69) is 13.2 Å². The first-order chi connectivity index (χ1) is 30.7. The maximum absolute atomic E-state index is 15.0. The fraction of sp³-hybridized carbons (Fsp3) is 0.514. The molecule has 0 amide bonds. The zero-order chi connectivity index (χ0) is 52.5. The van der Waals surface area contributed by atoms with Crippen molar-refractivity contribution in [2.45, 2.75) is 89.3 Å². The van der Waals surface area contributed by atoms with Crippen LogP contribution in [-0.2, 0) is 34.3 Å². The van der Waals surface area contributed by atoms with Gasteiger partial charge in [0.2, 0.25) is 20.0 Å². The summed E-state index contributed by atoms with van der Waals surface area (Å²) in [6.07, 6.45) is -11.2. The Morgan fingerprint density at radius 3 is 1.65 bits per heavy atom. The highest BCUT2D eigenvalue weighted by Gasteiger charge is 2.95. The zero-order valence-electron chi connectivity index (χ0n) is 34.5. The van der Waals surface area contributed by atoms with E-state index in [-0.39, 0.29) is 15.7 Å². The second-order valence-electron chi connectivity index (χ2n) is 14.6. The van der Waals surface area contributed by atoms with E-state index < -0.39 is 140 Å². The molecule has 0 fully saturated rings. The molecular formula is C37H36F17N3O9S2. The largest absolute Gasteiger partial charge is 0.460 e. The molecule has 0 unspecified atom stereocenters. The number of nitro groups is 1. The van der Waals surface area contributed by atoms with E-state index >= 15 is 8.78 Å². The third kappa shape index (κ3) is 11.0. The van der Waals surface area contributed by atoms with E-state index in [1.165, 1.54) is 25.2 Å². The fourth-order valence-corrected chi connectivity index (χ4v) is 8.71. The lowest BCUT2D eigenvalue weighted by Crippen LogP contribution is -2.74. The standard InChI is InChI=1S/C37H36F17N3O9S2/c1-5-17-55(67(60,61)27-13-8-24(9-14-27)57(58)59)20-25-10-15-28(29(64-4)66-25)65-21-23(3)19-56(68(62,63)26-11-6-22(2)7-12-26)18-16-30(38,39)31(40,41)32(42,43)33(44,45)34(46,47)35(48,49)36(50,51)37(52,53)54/h5-15,25,28-29H,1,3,16-21H2,2,4H3/t25-,28+,29-/m0/s1. The summed E-state index contributed by atoms with van der Waals surface area (Å²) in [7, 11) is -8.59. The highest BCUT2D eigenvalue weighted by molar-refractivity contribution is 7.89. The molecule has 1 heterocycles. The van der Waals surface area contributed by atoms with Gasteiger partial charge in [0.05, 0.1) is 27.4 Å². The predicted molar refractivity (Wildman–Crippen MR) is 201 cm³/mol. The Bertz CT molecular complexity index is 2390. The number of nitrogens with zero attached hydrogens (tertiary/aromatic N) is 3. The monoisotopic (exact) mass is 1050 g/mol. The van der Waals surface area contributed by atoms with Gasteiger partial charge in [0.25, 0.3) is 5.69 Å². The highest BCUT2D eigenvalue weighted by atomic mass is 32.2. The minimum Gasteiger partial charge on any atom is -0.364 e. The number of nitro benzene ring substituents is 1. The van der Waals surface area contributed by atoms with Gasteiger partial charge in [0.1, 0.15) is 6.10 Å². The molecule has 0 radical (unpaired) electrons. The normalized spacial score (nSPS) is 18.6. The summed E-state index contributed by atoms with van der Waals surface area (Å²) in [4.78, 5) is 9.04. The number of sulfonamides is 2. The van der Waals surface area contributed by atoms with Crippen LogP contribution in [0.25, 0.3) is 0 Å². The van der Waals surface area contributed by atoms with Crippen molar-refractivity contribution in [1.82, 2.24) is 8.61 Å². The average molecular weight is 1050 g/mol. The maximum Gasteiger partial charge on any atom is 0.460 e. The lowest BCUT2D eigenvalue weighted by molar-refractivity contribution is -0.461. The van der Waals surface area contributed by atoms with Gasteiger partial charge in [-0.25, -0.2) is 16.8 Å². The van der Waals surface area contributed by atoms with E-state index in [0.29, 0.717) is 5.56 Å². The summed E-state index contributed by atoms with van der Waals surface area (Å²) in [5.41, 5.74) is -0.572. The maximum atomic E-state index is 15.0. The summed E-state index contributed by atoms with van der Waals surface area (Å²) >= 11 is 0. The summed E-state index contributed by atoms with van der Waals surface area (Å²) in [6, 6.07) is 7.63. The molecule has 0 saturated heterocycles. The first-order valence-corrected chi connectivity index (χ1v) is 21.4. The molecule has 12 nitrogen and oxygen atoms in total. The molecule has 0 spiro atoms. The number of benzene rings is 2.